The molecular formula is C9H6F5NO2. The summed E-state index contributed by atoms with van der Waals surface area (Å²) in [6.07, 6.45) is -8.03. The number of ether oxygens (including phenoxy) is 1. The SMILES string of the molecule is ON=Cc1cc(F)cc(OC(F)(F)C(F)F)c1. The fourth-order valence-electron chi connectivity index (χ4n) is 0.986. The third-order valence-corrected chi connectivity index (χ3v) is 1.61. The van der Waals surface area contributed by atoms with Crippen molar-refractivity contribution in [2.24, 2.45) is 5.16 Å². The molecule has 0 bridgehead atoms. The molecule has 17 heavy (non-hydrogen) atoms. The quantitative estimate of drug-likeness (QED) is 0.389. The molecule has 0 aliphatic heterocycles. The van der Waals surface area contributed by atoms with Crippen LogP contribution in [0.2, 0.25) is 0 Å². The lowest BCUT2D eigenvalue weighted by Gasteiger charge is -2.16. The van der Waals surface area contributed by atoms with E-state index in [-0.39, 0.29) is 5.56 Å². The van der Waals surface area contributed by atoms with Gasteiger partial charge >= 0.3 is 12.5 Å². The summed E-state index contributed by atoms with van der Waals surface area (Å²) in [6, 6.07) is 2.16. The highest BCUT2D eigenvalue weighted by atomic mass is 19.3. The van der Waals surface area contributed by atoms with Crippen LogP contribution in [0, 0.1) is 5.82 Å². The van der Waals surface area contributed by atoms with Gasteiger partial charge in [-0.25, -0.2) is 4.39 Å². The van der Waals surface area contributed by atoms with Crippen LogP contribution in [0.25, 0.3) is 0 Å². The molecule has 0 amide bonds. The van der Waals surface area contributed by atoms with Crippen molar-refractivity contribution in [2.75, 3.05) is 0 Å². The van der Waals surface area contributed by atoms with Crippen molar-refractivity contribution in [3.05, 3.63) is 29.6 Å². The zero-order valence-corrected chi connectivity index (χ0v) is 8.08. The lowest BCUT2D eigenvalue weighted by molar-refractivity contribution is -0.253. The van der Waals surface area contributed by atoms with Gasteiger partial charge in [-0.05, 0) is 12.1 Å². The molecule has 3 nitrogen and oxygen atoms in total. The fourth-order valence-corrected chi connectivity index (χ4v) is 0.986. The molecular weight excluding hydrogens is 249 g/mol. The molecule has 1 aromatic rings. The smallest absolute Gasteiger partial charge is 0.428 e. The van der Waals surface area contributed by atoms with E-state index in [0.29, 0.717) is 6.07 Å². The molecule has 8 heteroatoms. The van der Waals surface area contributed by atoms with Crippen LogP contribution in [-0.4, -0.2) is 24.0 Å². The molecule has 0 aromatic heterocycles. The van der Waals surface area contributed by atoms with Crippen molar-refractivity contribution >= 4 is 6.21 Å². The van der Waals surface area contributed by atoms with Gasteiger partial charge in [-0.2, -0.15) is 17.6 Å². The van der Waals surface area contributed by atoms with Gasteiger partial charge in [-0.3, -0.25) is 0 Å². The second kappa shape index (κ2) is 4.98. The minimum Gasteiger partial charge on any atom is -0.428 e. The van der Waals surface area contributed by atoms with Crippen LogP contribution in [0.3, 0.4) is 0 Å². The van der Waals surface area contributed by atoms with Crippen LogP contribution in [-0.2, 0) is 0 Å². The van der Waals surface area contributed by atoms with Gasteiger partial charge in [0, 0.05) is 11.6 Å². The maximum Gasteiger partial charge on any atom is 0.461 e. The van der Waals surface area contributed by atoms with Crippen LogP contribution < -0.4 is 4.74 Å². The lowest BCUT2D eigenvalue weighted by Crippen LogP contribution is -2.33. The van der Waals surface area contributed by atoms with Crippen molar-refractivity contribution < 1.29 is 31.9 Å². The number of hydrogen-bond donors (Lipinski definition) is 1. The Morgan fingerprint density at radius 3 is 2.47 bits per heavy atom. The normalized spacial score (nSPS) is 12.4. The Bertz CT molecular complexity index is 422. The summed E-state index contributed by atoms with van der Waals surface area (Å²) < 4.78 is 65.2. The molecule has 94 valence electrons. The summed E-state index contributed by atoms with van der Waals surface area (Å²) >= 11 is 0. The molecule has 0 radical (unpaired) electrons. The van der Waals surface area contributed by atoms with Gasteiger partial charge in [0.1, 0.15) is 11.6 Å². The molecule has 0 saturated carbocycles. The topological polar surface area (TPSA) is 41.8 Å². The largest absolute Gasteiger partial charge is 0.461 e. The van der Waals surface area contributed by atoms with Crippen LogP contribution in [0.4, 0.5) is 22.0 Å². The number of hydrogen-bond acceptors (Lipinski definition) is 3. The number of nitrogens with zero attached hydrogens (tertiary/aromatic N) is 1. The van der Waals surface area contributed by atoms with Gasteiger partial charge in [-0.15, -0.1) is 0 Å². The van der Waals surface area contributed by atoms with E-state index in [0.717, 1.165) is 18.3 Å². The highest BCUT2D eigenvalue weighted by molar-refractivity contribution is 5.79. The van der Waals surface area contributed by atoms with E-state index in [4.69, 9.17) is 5.21 Å². The summed E-state index contributed by atoms with van der Waals surface area (Å²) in [5.41, 5.74) is -0.118. The first-order valence-electron chi connectivity index (χ1n) is 4.18. The van der Waals surface area contributed by atoms with Gasteiger partial charge in [0.15, 0.2) is 0 Å². The summed E-state index contributed by atoms with van der Waals surface area (Å²) in [4.78, 5) is 0. The molecule has 0 unspecified atom stereocenters. The Morgan fingerprint density at radius 2 is 1.94 bits per heavy atom. The molecule has 0 spiro atoms. The average Bonchev–Trinajstić information content (AvgIpc) is 2.15. The first-order valence-corrected chi connectivity index (χ1v) is 4.18. The third-order valence-electron chi connectivity index (χ3n) is 1.61. The zero-order chi connectivity index (χ0) is 13.1. The Morgan fingerprint density at radius 1 is 1.29 bits per heavy atom. The molecule has 0 atom stereocenters. The van der Waals surface area contributed by atoms with E-state index in [1.54, 1.807) is 0 Å². The van der Waals surface area contributed by atoms with E-state index < -0.39 is 24.1 Å². The fraction of sp³-hybridized carbons (Fsp3) is 0.222. The number of alkyl halides is 4. The van der Waals surface area contributed by atoms with Crippen molar-refractivity contribution in [3.8, 4) is 5.75 Å². The molecule has 0 heterocycles. The van der Waals surface area contributed by atoms with Gasteiger partial charge < -0.3 is 9.94 Å². The summed E-state index contributed by atoms with van der Waals surface area (Å²) in [5, 5.41) is 10.7. The number of halogens is 5. The molecule has 0 saturated heterocycles. The number of benzene rings is 1. The van der Waals surface area contributed by atoms with Gasteiger partial charge in [0.25, 0.3) is 0 Å². The minimum atomic E-state index is -4.72. The van der Waals surface area contributed by atoms with Crippen molar-refractivity contribution in [1.29, 1.82) is 0 Å². The Hall–Kier alpha value is -1.86. The van der Waals surface area contributed by atoms with Crippen LogP contribution in [0.1, 0.15) is 5.56 Å². The summed E-state index contributed by atoms with van der Waals surface area (Å²) in [6.45, 7) is 0. The highest BCUT2D eigenvalue weighted by Crippen LogP contribution is 2.28. The average molecular weight is 255 g/mol. The summed E-state index contributed by atoms with van der Waals surface area (Å²) in [5.74, 6) is -1.80. The molecule has 0 aliphatic rings. The molecule has 0 fully saturated rings. The van der Waals surface area contributed by atoms with Crippen molar-refractivity contribution in [1.82, 2.24) is 0 Å². The predicted octanol–water partition coefficient (Wildman–Crippen LogP) is 2.87. The maximum atomic E-state index is 12.9. The van der Waals surface area contributed by atoms with Crippen molar-refractivity contribution in [2.45, 2.75) is 12.5 Å². The molecule has 0 aliphatic carbocycles. The van der Waals surface area contributed by atoms with E-state index in [1.807, 2.05) is 0 Å². The Labute approximate surface area is 92.1 Å². The van der Waals surface area contributed by atoms with Crippen LogP contribution in [0.5, 0.6) is 5.75 Å². The zero-order valence-electron chi connectivity index (χ0n) is 8.08. The molecule has 1 aromatic carbocycles. The van der Waals surface area contributed by atoms with Gasteiger partial charge in [0.05, 0.1) is 6.21 Å². The summed E-state index contributed by atoms with van der Waals surface area (Å²) in [7, 11) is 0. The van der Waals surface area contributed by atoms with E-state index in [9.17, 15) is 22.0 Å². The highest BCUT2D eigenvalue weighted by Gasteiger charge is 2.44. The van der Waals surface area contributed by atoms with E-state index in [1.165, 1.54) is 0 Å². The minimum absolute atomic E-state index is 0.118. The first-order chi connectivity index (χ1) is 7.85. The first kappa shape index (κ1) is 13.2. The van der Waals surface area contributed by atoms with E-state index >= 15 is 0 Å². The van der Waals surface area contributed by atoms with Gasteiger partial charge in [0.2, 0.25) is 0 Å². The molecule has 1 N–H and O–H groups in total. The van der Waals surface area contributed by atoms with Crippen LogP contribution >= 0.6 is 0 Å². The monoisotopic (exact) mass is 255 g/mol. The Balaban J connectivity index is 2.99. The third kappa shape index (κ3) is 3.58. The molecule has 1 rings (SSSR count). The second-order valence-corrected chi connectivity index (χ2v) is 2.93. The van der Waals surface area contributed by atoms with Crippen LogP contribution in [0.15, 0.2) is 23.4 Å². The maximum absolute atomic E-state index is 12.9. The second-order valence-electron chi connectivity index (χ2n) is 2.93. The van der Waals surface area contributed by atoms with Gasteiger partial charge in [-0.1, -0.05) is 5.16 Å². The van der Waals surface area contributed by atoms with E-state index in [2.05, 4.69) is 9.89 Å². The number of oxime groups is 1. The predicted molar refractivity (Wildman–Crippen MR) is 47.4 cm³/mol. The lowest BCUT2D eigenvalue weighted by atomic mass is 10.2. The Kier molecular flexibility index (Phi) is 3.87. The van der Waals surface area contributed by atoms with Crippen molar-refractivity contribution in [3.63, 3.8) is 0 Å². The number of rotatable bonds is 4. The standard InChI is InChI=1S/C9H6F5NO2/c10-6-1-5(4-15-16)2-7(3-6)17-9(13,14)8(11)12/h1-4,8,16H.